The van der Waals surface area contributed by atoms with Gasteiger partial charge in [0, 0.05) is 32.2 Å². The standard InChI is InChI=1S/C16H26N2/c1-4-14(3)16(18-10-8-17-9-11-18)15-7-5-6-13(2)12-15/h5-7,12,14,16-17H,4,8-11H2,1-3H3/t14?,16-/m0/s1. The Hall–Kier alpha value is -0.860. The Morgan fingerprint density at radius 2 is 2.00 bits per heavy atom. The first kappa shape index (κ1) is 13.6. The van der Waals surface area contributed by atoms with Crippen LogP contribution in [0.25, 0.3) is 0 Å². The van der Waals surface area contributed by atoms with Crippen molar-refractivity contribution in [3.05, 3.63) is 35.4 Å². The zero-order chi connectivity index (χ0) is 13.0. The van der Waals surface area contributed by atoms with Crippen LogP contribution in [0.15, 0.2) is 24.3 Å². The highest BCUT2D eigenvalue weighted by Gasteiger charge is 2.26. The molecular formula is C16H26N2. The van der Waals surface area contributed by atoms with Crippen LogP contribution in [-0.4, -0.2) is 31.1 Å². The van der Waals surface area contributed by atoms with Crippen LogP contribution in [-0.2, 0) is 0 Å². The van der Waals surface area contributed by atoms with Gasteiger partial charge >= 0.3 is 0 Å². The Bertz CT molecular complexity index is 369. The van der Waals surface area contributed by atoms with E-state index in [0.29, 0.717) is 12.0 Å². The van der Waals surface area contributed by atoms with Crippen LogP contribution in [0.2, 0.25) is 0 Å². The van der Waals surface area contributed by atoms with Gasteiger partial charge in [0.25, 0.3) is 0 Å². The van der Waals surface area contributed by atoms with Crippen LogP contribution in [0.1, 0.15) is 37.4 Å². The zero-order valence-corrected chi connectivity index (χ0v) is 11.9. The molecule has 0 bridgehead atoms. The number of aryl methyl sites for hydroxylation is 1. The molecule has 1 aliphatic heterocycles. The quantitative estimate of drug-likeness (QED) is 0.878. The van der Waals surface area contributed by atoms with Crippen molar-refractivity contribution in [1.82, 2.24) is 10.2 Å². The summed E-state index contributed by atoms with van der Waals surface area (Å²) >= 11 is 0. The Balaban J connectivity index is 2.23. The largest absolute Gasteiger partial charge is 0.314 e. The van der Waals surface area contributed by atoms with Gasteiger partial charge in [-0.2, -0.15) is 0 Å². The number of nitrogens with zero attached hydrogens (tertiary/aromatic N) is 1. The number of piperazine rings is 1. The molecule has 2 nitrogen and oxygen atoms in total. The maximum atomic E-state index is 3.45. The molecule has 0 spiro atoms. The van der Waals surface area contributed by atoms with E-state index in [4.69, 9.17) is 0 Å². The van der Waals surface area contributed by atoms with E-state index in [1.807, 2.05) is 0 Å². The molecule has 2 heteroatoms. The first-order valence-corrected chi connectivity index (χ1v) is 7.23. The van der Waals surface area contributed by atoms with Crippen molar-refractivity contribution in [2.45, 2.75) is 33.2 Å². The lowest BCUT2D eigenvalue weighted by atomic mass is 9.90. The van der Waals surface area contributed by atoms with Gasteiger partial charge in [0.15, 0.2) is 0 Å². The van der Waals surface area contributed by atoms with Crippen molar-refractivity contribution in [1.29, 1.82) is 0 Å². The summed E-state index contributed by atoms with van der Waals surface area (Å²) in [7, 11) is 0. The maximum Gasteiger partial charge on any atom is 0.0374 e. The molecule has 0 amide bonds. The third kappa shape index (κ3) is 3.12. The molecule has 1 unspecified atom stereocenters. The minimum atomic E-state index is 0.581. The second-order valence-electron chi connectivity index (χ2n) is 5.53. The molecule has 1 aliphatic rings. The molecule has 18 heavy (non-hydrogen) atoms. The van der Waals surface area contributed by atoms with E-state index >= 15 is 0 Å². The lowest BCUT2D eigenvalue weighted by molar-refractivity contribution is 0.128. The monoisotopic (exact) mass is 246 g/mol. The van der Waals surface area contributed by atoms with Crippen LogP contribution < -0.4 is 5.32 Å². The van der Waals surface area contributed by atoms with Gasteiger partial charge in [0.05, 0.1) is 0 Å². The Morgan fingerprint density at radius 1 is 1.28 bits per heavy atom. The van der Waals surface area contributed by atoms with E-state index in [9.17, 15) is 0 Å². The minimum Gasteiger partial charge on any atom is -0.314 e. The van der Waals surface area contributed by atoms with Crippen molar-refractivity contribution >= 4 is 0 Å². The third-order valence-electron chi connectivity index (χ3n) is 4.11. The molecular weight excluding hydrogens is 220 g/mol. The summed E-state index contributed by atoms with van der Waals surface area (Å²) in [4.78, 5) is 2.65. The molecule has 2 rings (SSSR count). The molecule has 0 aliphatic carbocycles. The fourth-order valence-electron chi connectivity index (χ4n) is 2.94. The van der Waals surface area contributed by atoms with Gasteiger partial charge in [0.2, 0.25) is 0 Å². The van der Waals surface area contributed by atoms with E-state index in [1.54, 1.807) is 0 Å². The lowest BCUT2D eigenvalue weighted by Gasteiger charge is -2.38. The van der Waals surface area contributed by atoms with Crippen molar-refractivity contribution in [3.8, 4) is 0 Å². The Kier molecular flexibility index (Phi) is 4.79. The van der Waals surface area contributed by atoms with Crippen molar-refractivity contribution in [2.24, 2.45) is 5.92 Å². The van der Waals surface area contributed by atoms with Gasteiger partial charge < -0.3 is 5.32 Å². The SMILES string of the molecule is CCC(C)[C@@H](c1cccc(C)c1)N1CCNCC1. The average Bonchev–Trinajstić information content (AvgIpc) is 2.40. The fourth-order valence-corrected chi connectivity index (χ4v) is 2.94. The lowest BCUT2D eigenvalue weighted by Crippen LogP contribution is -2.46. The van der Waals surface area contributed by atoms with Crippen LogP contribution in [0.3, 0.4) is 0 Å². The second-order valence-corrected chi connectivity index (χ2v) is 5.53. The van der Waals surface area contributed by atoms with Gasteiger partial charge in [-0.1, -0.05) is 50.1 Å². The average molecular weight is 246 g/mol. The van der Waals surface area contributed by atoms with Crippen molar-refractivity contribution < 1.29 is 0 Å². The van der Waals surface area contributed by atoms with E-state index in [1.165, 1.54) is 30.6 Å². The summed E-state index contributed by atoms with van der Waals surface area (Å²) in [5.74, 6) is 0.713. The molecule has 0 radical (unpaired) electrons. The molecule has 1 saturated heterocycles. The molecule has 2 atom stereocenters. The van der Waals surface area contributed by atoms with Crippen LogP contribution >= 0.6 is 0 Å². The highest BCUT2D eigenvalue weighted by Crippen LogP contribution is 2.31. The van der Waals surface area contributed by atoms with E-state index in [2.05, 4.69) is 55.3 Å². The number of hydrogen-bond donors (Lipinski definition) is 1. The fraction of sp³-hybridized carbons (Fsp3) is 0.625. The van der Waals surface area contributed by atoms with E-state index in [0.717, 1.165) is 13.1 Å². The predicted octanol–water partition coefficient (Wildman–Crippen LogP) is 2.99. The van der Waals surface area contributed by atoms with Gasteiger partial charge in [-0.05, 0) is 18.4 Å². The van der Waals surface area contributed by atoms with Gasteiger partial charge in [-0.25, -0.2) is 0 Å². The molecule has 0 saturated carbocycles. The van der Waals surface area contributed by atoms with Gasteiger partial charge in [0.1, 0.15) is 0 Å². The van der Waals surface area contributed by atoms with Crippen LogP contribution in [0.4, 0.5) is 0 Å². The predicted molar refractivity (Wildman–Crippen MR) is 77.8 cm³/mol. The van der Waals surface area contributed by atoms with Gasteiger partial charge in [-0.15, -0.1) is 0 Å². The molecule has 1 heterocycles. The first-order chi connectivity index (χ1) is 8.72. The second kappa shape index (κ2) is 6.35. The molecule has 100 valence electrons. The van der Waals surface area contributed by atoms with Gasteiger partial charge in [-0.3, -0.25) is 4.90 Å². The third-order valence-corrected chi connectivity index (χ3v) is 4.11. The van der Waals surface area contributed by atoms with E-state index in [-0.39, 0.29) is 0 Å². The number of nitrogens with one attached hydrogen (secondary N) is 1. The highest BCUT2D eigenvalue weighted by atomic mass is 15.2. The number of rotatable bonds is 4. The van der Waals surface area contributed by atoms with Crippen molar-refractivity contribution in [2.75, 3.05) is 26.2 Å². The maximum absolute atomic E-state index is 3.45. The summed E-state index contributed by atoms with van der Waals surface area (Å²) in [5, 5.41) is 3.45. The highest BCUT2D eigenvalue weighted by molar-refractivity contribution is 5.25. The zero-order valence-electron chi connectivity index (χ0n) is 11.9. The summed E-state index contributed by atoms with van der Waals surface area (Å²) in [6, 6.07) is 9.62. The molecule has 1 fully saturated rings. The normalized spacial score (nSPS) is 20.6. The topological polar surface area (TPSA) is 15.3 Å². The van der Waals surface area contributed by atoms with Crippen molar-refractivity contribution in [3.63, 3.8) is 0 Å². The molecule has 0 aromatic heterocycles. The summed E-state index contributed by atoms with van der Waals surface area (Å²) in [5.41, 5.74) is 2.86. The molecule has 1 aromatic rings. The summed E-state index contributed by atoms with van der Waals surface area (Å²) in [6.07, 6.45) is 1.24. The van der Waals surface area contributed by atoms with Crippen LogP contribution in [0, 0.1) is 12.8 Å². The summed E-state index contributed by atoms with van der Waals surface area (Å²) < 4.78 is 0. The first-order valence-electron chi connectivity index (χ1n) is 7.23. The molecule has 1 aromatic carbocycles. The number of benzene rings is 1. The molecule has 1 N–H and O–H groups in total. The minimum absolute atomic E-state index is 0.581. The smallest absolute Gasteiger partial charge is 0.0374 e. The number of hydrogen-bond acceptors (Lipinski definition) is 2. The van der Waals surface area contributed by atoms with E-state index < -0.39 is 0 Å². The Labute approximate surface area is 111 Å². The van der Waals surface area contributed by atoms with Crippen LogP contribution in [0.5, 0.6) is 0 Å². The Morgan fingerprint density at radius 3 is 2.61 bits per heavy atom. The summed E-state index contributed by atoms with van der Waals surface area (Å²) in [6.45, 7) is 11.5.